The lowest BCUT2D eigenvalue weighted by atomic mass is 9.76. The van der Waals surface area contributed by atoms with E-state index in [2.05, 4.69) is 15.2 Å². The van der Waals surface area contributed by atoms with Gasteiger partial charge in [0.05, 0.1) is 5.60 Å². The molecule has 1 aromatic heterocycles. The van der Waals surface area contributed by atoms with Gasteiger partial charge in [-0.15, -0.1) is 0 Å². The van der Waals surface area contributed by atoms with E-state index in [1.807, 2.05) is 0 Å². The van der Waals surface area contributed by atoms with E-state index in [0.717, 1.165) is 45.1 Å². The molecule has 1 N–H and O–H groups in total. The van der Waals surface area contributed by atoms with Crippen LogP contribution in [0.15, 0.2) is 24.5 Å². The molecule has 0 unspecified atom stereocenters. The van der Waals surface area contributed by atoms with E-state index in [1.54, 1.807) is 24.5 Å². The lowest BCUT2D eigenvalue weighted by molar-refractivity contribution is -0.156. The Hall–Kier alpha value is -1.46. The van der Waals surface area contributed by atoms with Crippen molar-refractivity contribution in [1.29, 1.82) is 0 Å². The molecular weight excluding hydrogens is 290 g/mol. The molecule has 5 nitrogen and oxygen atoms in total. The molecule has 124 valence electrons. The highest BCUT2D eigenvalue weighted by Gasteiger charge is 2.54. The molecule has 4 rings (SSSR count). The molecule has 1 atom stereocenters. The number of hydrogen-bond acceptors (Lipinski definition) is 4. The Morgan fingerprint density at radius 3 is 2.78 bits per heavy atom. The number of nitrogens with one attached hydrogen (secondary N) is 1. The zero-order valence-electron chi connectivity index (χ0n) is 13.5. The van der Waals surface area contributed by atoms with Gasteiger partial charge in [-0.1, -0.05) is 6.42 Å². The van der Waals surface area contributed by atoms with Gasteiger partial charge in [-0.3, -0.25) is 14.7 Å². The number of hydrogen-bond donors (Lipinski definition) is 1. The largest absolute Gasteiger partial charge is 0.372 e. The number of ether oxygens (including phenoxy) is 1. The molecule has 1 spiro atoms. The maximum Gasteiger partial charge on any atom is 0.251 e. The highest BCUT2D eigenvalue weighted by Crippen LogP contribution is 2.44. The number of pyridine rings is 1. The Morgan fingerprint density at radius 1 is 1.30 bits per heavy atom. The third-order valence-electron chi connectivity index (χ3n) is 5.85. The molecule has 2 saturated heterocycles. The van der Waals surface area contributed by atoms with E-state index in [9.17, 15) is 4.79 Å². The number of carbonyl (C=O) groups excluding carboxylic acids is 1. The van der Waals surface area contributed by atoms with Gasteiger partial charge in [0.2, 0.25) is 0 Å². The van der Waals surface area contributed by atoms with Crippen molar-refractivity contribution >= 4 is 5.91 Å². The van der Waals surface area contributed by atoms with E-state index in [-0.39, 0.29) is 11.5 Å². The number of rotatable bonds is 5. The minimum atomic E-state index is -0.00920. The van der Waals surface area contributed by atoms with Gasteiger partial charge in [0.15, 0.2) is 0 Å². The van der Waals surface area contributed by atoms with E-state index < -0.39 is 0 Å². The molecule has 3 aliphatic rings. The average molecular weight is 315 g/mol. The van der Waals surface area contributed by atoms with Crippen LogP contribution in [0.25, 0.3) is 0 Å². The van der Waals surface area contributed by atoms with Crippen LogP contribution in [0.1, 0.15) is 42.5 Å². The summed E-state index contributed by atoms with van der Waals surface area (Å²) < 4.78 is 6.12. The molecule has 1 saturated carbocycles. The Labute approximate surface area is 137 Å². The maximum atomic E-state index is 12.1. The quantitative estimate of drug-likeness (QED) is 0.901. The first-order chi connectivity index (χ1) is 11.3. The molecule has 0 aromatic carbocycles. The summed E-state index contributed by atoms with van der Waals surface area (Å²) in [5.74, 6) is 0.571. The van der Waals surface area contributed by atoms with Crippen molar-refractivity contribution in [2.45, 2.75) is 43.7 Å². The predicted octanol–water partition coefficient (Wildman–Crippen LogP) is 1.84. The highest BCUT2D eigenvalue weighted by molar-refractivity contribution is 5.93. The fraction of sp³-hybridized carbons (Fsp3) is 0.667. The van der Waals surface area contributed by atoms with Gasteiger partial charge in [0.25, 0.3) is 5.91 Å². The summed E-state index contributed by atoms with van der Waals surface area (Å²) in [5, 5.41) is 3.03. The SMILES string of the molecule is O=C(NCC[C@H]1CCOC12CN(C1CCC1)C2)c1ccncc1. The van der Waals surface area contributed by atoms with Crippen LogP contribution in [0, 0.1) is 5.92 Å². The molecule has 2 aliphatic heterocycles. The first kappa shape index (κ1) is 15.1. The van der Waals surface area contributed by atoms with E-state index in [0.29, 0.717) is 11.5 Å². The lowest BCUT2D eigenvalue weighted by Crippen LogP contribution is -2.68. The first-order valence-corrected chi connectivity index (χ1v) is 8.83. The highest BCUT2D eigenvalue weighted by atomic mass is 16.5. The Balaban J connectivity index is 1.25. The van der Waals surface area contributed by atoms with Gasteiger partial charge < -0.3 is 10.1 Å². The van der Waals surface area contributed by atoms with Crippen molar-refractivity contribution in [2.24, 2.45) is 5.92 Å². The van der Waals surface area contributed by atoms with Crippen LogP contribution in [0.3, 0.4) is 0 Å². The molecule has 1 aliphatic carbocycles. The van der Waals surface area contributed by atoms with Crippen molar-refractivity contribution in [1.82, 2.24) is 15.2 Å². The van der Waals surface area contributed by atoms with Crippen molar-refractivity contribution in [3.63, 3.8) is 0 Å². The molecule has 3 fully saturated rings. The molecular formula is C18H25N3O2. The number of nitrogens with zero attached hydrogens (tertiary/aromatic N) is 2. The second kappa shape index (κ2) is 6.21. The fourth-order valence-corrected chi connectivity index (χ4v) is 4.16. The summed E-state index contributed by atoms with van der Waals surface area (Å²) in [7, 11) is 0. The fourth-order valence-electron chi connectivity index (χ4n) is 4.16. The second-order valence-electron chi connectivity index (χ2n) is 7.17. The van der Waals surface area contributed by atoms with Gasteiger partial charge in [0, 0.05) is 50.2 Å². The van der Waals surface area contributed by atoms with Crippen LogP contribution in [0.2, 0.25) is 0 Å². The maximum absolute atomic E-state index is 12.1. The minimum absolute atomic E-state index is 0.00920. The first-order valence-electron chi connectivity index (χ1n) is 8.83. The van der Waals surface area contributed by atoms with Crippen molar-refractivity contribution < 1.29 is 9.53 Å². The van der Waals surface area contributed by atoms with Gasteiger partial charge in [-0.2, -0.15) is 0 Å². The van der Waals surface area contributed by atoms with Crippen molar-refractivity contribution in [2.75, 3.05) is 26.2 Å². The van der Waals surface area contributed by atoms with Crippen LogP contribution in [-0.2, 0) is 4.74 Å². The molecule has 3 heterocycles. The third kappa shape index (κ3) is 2.88. The number of amides is 1. The van der Waals surface area contributed by atoms with Crippen LogP contribution in [0.5, 0.6) is 0 Å². The Kier molecular flexibility index (Phi) is 4.07. The van der Waals surface area contributed by atoms with Gasteiger partial charge >= 0.3 is 0 Å². The molecule has 1 aromatic rings. The van der Waals surface area contributed by atoms with Gasteiger partial charge in [0.1, 0.15) is 0 Å². The van der Waals surface area contributed by atoms with Crippen LogP contribution < -0.4 is 5.32 Å². The monoisotopic (exact) mass is 315 g/mol. The van der Waals surface area contributed by atoms with Crippen LogP contribution in [-0.4, -0.2) is 53.7 Å². The summed E-state index contributed by atoms with van der Waals surface area (Å²) in [5.41, 5.74) is 0.758. The lowest BCUT2D eigenvalue weighted by Gasteiger charge is -2.55. The Morgan fingerprint density at radius 2 is 2.09 bits per heavy atom. The third-order valence-corrected chi connectivity index (χ3v) is 5.85. The van der Waals surface area contributed by atoms with Crippen molar-refractivity contribution in [3.05, 3.63) is 30.1 Å². The van der Waals surface area contributed by atoms with Crippen molar-refractivity contribution in [3.8, 4) is 0 Å². The molecule has 0 bridgehead atoms. The molecule has 5 heteroatoms. The standard InChI is InChI=1S/C18H25N3O2/c22-17(14-4-8-19-9-5-14)20-10-6-15-7-11-23-18(15)12-21(13-18)16-2-1-3-16/h4-5,8-9,15-16H,1-3,6-7,10-13H2,(H,20,22)/t15-/m0/s1. The molecule has 0 radical (unpaired) electrons. The van der Waals surface area contributed by atoms with Crippen LogP contribution in [0.4, 0.5) is 0 Å². The zero-order valence-corrected chi connectivity index (χ0v) is 13.5. The summed E-state index contributed by atoms with van der Waals surface area (Å²) in [6, 6.07) is 4.31. The van der Waals surface area contributed by atoms with Gasteiger partial charge in [-0.05, 0) is 43.7 Å². The normalized spacial score (nSPS) is 26.7. The summed E-state index contributed by atoms with van der Waals surface area (Å²) in [6.07, 6.45) is 9.56. The Bertz CT molecular complexity index is 553. The van der Waals surface area contributed by atoms with E-state index in [1.165, 1.54) is 19.3 Å². The summed E-state index contributed by atoms with van der Waals surface area (Å²) in [4.78, 5) is 18.6. The smallest absolute Gasteiger partial charge is 0.251 e. The second-order valence-corrected chi connectivity index (χ2v) is 7.17. The topological polar surface area (TPSA) is 54.5 Å². The van der Waals surface area contributed by atoms with E-state index >= 15 is 0 Å². The van der Waals surface area contributed by atoms with E-state index in [4.69, 9.17) is 4.74 Å². The summed E-state index contributed by atoms with van der Waals surface area (Å²) >= 11 is 0. The summed E-state index contributed by atoms with van der Waals surface area (Å²) in [6.45, 7) is 3.79. The zero-order chi connectivity index (χ0) is 15.7. The number of likely N-dealkylation sites (tertiary alicyclic amines) is 1. The molecule has 1 amide bonds. The molecule has 23 heavy (non-hydrogen) atoms. The minimum Gasteiger partial charge on any atom is -0.372 e. The number of aromatic nitrogens is 1. The van der Waals surface area contributed by atoms with Crippen LogP contribution >= 0.6 is 0 Å². The predicted molar refractivity (Wildman–Crippen MR) is 87.2 cm³/mol. The number of carbonyl (C=O) groups is 1. The average Bonchev–Trinajstić information content (AvgIpc) is 2.90. The van der Waals surface area contributed by atoms with Gasteiger partial charge in [-0.25, -0.2) is 0 Å².